The van der Waals surface area contributed by atoms with Crippen LogP contribution in [0.4, 0.5) is 5.13 Å². The van der Waals surface area contributed by atoms with Gasteiger partial charge in [0.25, 0.3) is 0 Å². The zero-order valence-corrected chi connectivity index (χ0v) is 8.89. The van der Waals surface area contributed by atoms with Gasteiger partial charge in [0, 0.05) is 18.1 Å². The molecule has 0 amide bonds. The minimum atomic E-state index is -1.08. The number of carbonyl (C=O) groups is 1. The highest BCUT2D eigenvalue weighted by Gasteiger charge is 2.07. The number of hydrogen-bond donors (Lipinski definition) is 2. The van der Waals surface area contributed by atoms with Gasteiger partial charge in [-0.25, -0.2) is 14.5 Å². The summed E-state index contributed by atoms with van der Waals surface area (Å²) in [5.41, 5.74) is -0.0593. The van der Waals surface area contributed by atoms with E-state index in [4.69, 9.17) is 5.11 Å². The molecule has 0 aromatic carbocycles. The molecule has 0 saturated carbocycles. The van der Waals surface area contributed by atoms with Gasteiger partial charge in [0.05, 0.1) is 12.7 Å². The van der Waals surface area contributed by atoms with Crippen LogP contribution in [0.1, 0.15) is 10.5 Å². The second-order valence-corrected chi connectivity index (χ2v) is 3.63. The first-order chi connectivity index (χ1) is 7.75. The molecule has 0 radical (unpaired) electrons. The summed E-state index contributed by atoms with van der Waals surface area (Å²) in [6, 6.07) is 0. The lowest BCUT2D eigenvalue weighted by molar-refractivity contribution is 0.0690. The van der Waals surface area contributed by atoms with Crippen molar-refractivity contribution in [3.05, 3.63) is 18.2 Å². The number of aromatic carboxylic acids is 1. The molecule has 0 fully saturated rings. The Hall–Kier alpha value is -2.03. The number of carboxylic acids is 1. The number of nitrogens with zero attached hydrogens (tertiary/aromatic N) is 5. The smallest absolute Gasteiger partial charge is 0.358 e. The molecule has 84 valence electrons. The maximum absolute atomic E-state index is 10.5. The van der Waals surface area contributed by atoms with Gasteiger partial charge >= 0.3 is 5.97 Å². The van der Waals surface area contributed by atoms with Gasteiger partial charge in [0.15, 0.2) is 5.69 Å². The van der Waals surface area contributed by atoms with Gasteiger partial charge in [0.1, 0.15) is 6.33 Å². The number of rotatable bonds is 5. The van der Waals surface area contributed by atoms with Crippen molar-refractivity contribution in [2.45, 2.75) is 6.54 Å². The third-order valence-corrected chi connectivity index (χ3v) is 2.36. The van der Waals surface area contributed by atoms with E-state index >= 15 is 0 Å². The summed E-state index contributed by atoms with van der Waals surface area (Å²) < 4.78 is 5.29. The maximum Gasteiger partial charge on any atom is 0.358 e. The van der Waals surface area contributed by atoms with Gasteiger partial charge in [-0.1, -0.05) is 5.21 Å². The van der Waals surface area contributed by atoms with E-state index in [9.17, 15) is 4.79 Å². The molecule has 0 spiro atoms. The Morgan fingerprint density at radius 2 is 2.50 bits per heavy atom. The molecule has 2 N–H and O–H groups in total. The SMILES string of the molecule is O=C(O)c1cn(CCNc2ncns2)nn1. The van der Waals surface area contributed by atoms with Gasteiger partial charge in [-0.2, -0.15) is 4.37 Å². The maximum atomic E-state index is 10.5. The molecule has 16 heavy (non-hydrogen) atoms. The Morgan fingerprint density at radius 3 is 3.12 bits per heavy atom. The Balaban J connectivity index is 1.83. The zero-order valence-electron chi connectivity index (χ0n) is 8.07. The van der Waals surface area contributed by atoms with Crippen LogP contribution in [0.15, 0.2) is 12.5 Å². The average Bonchev–Trinajstić information content (AvgIpc) is 2.87. The lowest BCUT2D eigenvalue weighted by Gasteiger charge is -2.00. The van der Waals surface area contributed by atoms with Crippen molar-refractivity contribution in [3.63, 3.8) is 0 Å². The average molecular weight is 240 g/mol. The monoisotopic (exact) mass is 240 g/mol. The van der Waals surface area contributed by atoms with Crippen LogP contribution in [0.5, 0.6) is 0 Å². The fourth-order valence-electron chi connectivity index (χ4n) is 1.03. The van der Waals surface area contributed by atoms with Crippen molar-refractivity contribution in [2.75, 3.05) is 11.9 Å². The first-order valence-electron chi connectivity index (χ1n) is 4.39. The van der Waals surface area contributed by atoms with Gasteiger partial charge in [-0.05, 0) is 0 Å². The van der Waals surface area contributed by atoms with E-state index in [1.807, 2.05) is 0 Å². The largest absolute Gasteiger partial charge is 0.476 e. The minimum absolute atomic E-state index is 0.0593. The van der Waals surface area contributed by atoms with E-state index in [1.54, 1.807) is 0 Å². The van der Waals surface area contributed by atoms with Gasteiger partial charge in [0.2, 0.25) is 5.13 Å². The van der Waals surface area contributed by atoms with E-state index in [0.29, 0.717) is 13.1 Å². The second kappa shape index (κ2) is 4.66. The van der Waals surface area contributed by atoms with E-state index in [2.05, 4.69) is 25.0 Å². The highest BCUT2D eigenvalue weighted by Crippen LogP contribution is 2.05. The predicted molar refractivity (Wildman–Crippen MR) is 55.4 cm³/mol. The van der Waals surface area contributed by atoms with Crippen LogP contribution in [0.2, 0.25) is 0 Å². The van der Waals surface area contributed by atoms with Crippen LogP contribution in [0.25, 0.3) is 0 Å². The summed E-state index contributed by atoms with van der Waals surface area (Å²) in [4.78, 5) is 14.5. The second-order valence-electron chi connectivity index (χ2n) is 2.85. The molecule has 2 aromatic heterocycles. The van der Waals surface area contributed by atoms with Crippen LogP contribution < -0.4 is 5.32 Å². The highest BCUT2D eigenvalue weighted by molar-refractivity contribution is 7.09. The molecule has 2 aromatic rings. The minimum Gasteiger partial charge on any atom is -0.476 e. The molecule has 8 nitrogen and oxygen atoms in total. The van der Waals surface area contributed by atoms with Crippen molar-refractivity contribution in [1.82, 2.24) is 24.4 Å². The Labute approximate surface area is 94.1 Å². The van der Waals surface area contributed by atoms with E-state index in [-0.39, 0.29) is 5.69 Å². The molecule has 2 rings (SSSR count). The van der Waals surface area contributed by atoms with Crippen LogP contribution in [0.3, 0.4) is 0 Å². The van der Waals surface area contributed by atoms with E-state index < -0.39 is 5.97 Å². The van der Waals surface area contributed by atoms with Crippen LogP contribution in [-0.4, -0.2) is 42.0 Å². The zero-order chi connectivity index (χ0) is 11.4. The first kappa shape index (κ1) is 10.5. The van der Waals surface area contributed by atoms with Crippen molar-refractivity contribution in [2.24, 2.45) is 0 Å². The normalized spacial score (nSPS) is 10.2. The summed E-state index contributed by atoms with van der Waals surface area (Å²) in [5.74, 6) is -1.08. The molecule has 0 aliphatic heterocycles. The highest BCUT2D eigenvalue weighted by atomic mass is 32.1. The Bertz CT molecular complexity index is 467. The quantitative estimate of drug-likeness (QED) is 0.754. The number of aromatic nitrogens is 5. The van der Waals surface area contributed by atoms with Crippen LogP contribution >= 0.6 is 11.5 Å². The molecule has 0 unspecified atom stereocenters. The predicted octanol–water partition coefficient (Wildman–Crippen LogP) is -0.0601. The number of anilines is 1. The first-order valence-corrected chi connectivity index (χ1v) is 5.17. The number of nitrogens with one attached hydrogen (secondary N) is 1. The summed E-state index contributed by atoms with van der Waals surface area (Å²) in [6.07, 6.45) is 2.84. The molecule has 0 aliphatic rings. The van der Waals surface area contributed by atoms with E-state index in [1.165, 1.54) is 28.7 Å². The molecule has 0 atom stereocenters. The third kappa shape index (κ3) is 2.51. The lowest BCUT2D eigenvalue weighted by atomic mass is 10.5. The van der Waals surface area contributed by atoms with Gasteiger partial charge in [-0.3, -0.25) is 0 Å². The van der Waals surface area contributed by atoms with Crippen molar-refractivity contribution < 1.29 is 9.90 Å². The molecule has 0 aliphatic carbocycles. The molecule has 2 heterocycles. The summed E-state index contributed by atoms with van der Waals surface area (Å²) in [5, 5.41) is 19.5. The topological polar surface area (TPSA) is 106 Å². The summed E-state index contributed by atoms with van der Waals surface area (Å²) in [6.45, 7) is 1.09. The molecule has 0 saturated heterocycles. The van der Waals surface area contributed by atoms with Gasteiger partial charge < -0.3 is 10.4 Å². The third-order valence-electron chi connectivity index (χ3n) is 1.74. The lowest BCUT2D eigenvalue weighted by Crippen LogP contribution is -2.10. The number of hydrogen-bond acceptors (Lipinski definition) is 7. The Morgan fingerprint density at radius 1 is 1.62 bits per heavy atom. The molecule has 0 bridgehead atoms. The van der Waals surface area contributed by atoms with Crippen molar-refractivity contribution in [3.8, 4) is 0 Å². The van der Waals surface area contributed by atoms with Crippen LogP contribution in [0, 0.1) is 0 Å². The van der Waals surface area contributed by atoms with Crippen molar-refractivity contribution in [1.29, 1.82) is 0 Å². The summed E-state index contributed by atoms with van der Waals surface area (Å²) in [7, 11) is 0. The number of carboxylic acid groups (broad SMARTS) is 1. The van der Waals surface area contributed by atoms with Gasteiger partial charge in [-0.15, -0.1) is 5.10 Å². The van der Waals surface area contributed by atoms with Crippen LogP contribution in [-0.2, 0) is 6.54 Å². The summed E-state index contributed by atoms with van der Waals surface area (Å²) >= 11 is 1.26. The fourth-order valence-corrected chi connectivity index (χ4v) is 1.49. The molecular formula is C7H8N6O2S. The molecule has 9 heteroatoms. The van der Waals surface area contributed by atoms with Crippen molar-refractivity contribution >= 4 is 22.6 Å². The van der Waals surface area contributed by atoms with E-state index in [0.717, 1.165) is 5.13 Å². The standard InChI is InChI=1S/C7H8N6O2S/c14-6(15)5-3-13(12-11-5)2-1-8-7-9-4-10-16-7/h3-4H,1-2H2,(H,14,15)(H,8,9,10). The fraction of sp³-hybridized carbons (Fsp3) is 0.286. The Kier molecular flexibility index (Phi) is 3.05. The molecular weight excluding hydrogens is 232 g/mol.